The Morgan fingerprint density at radius 3 is 2.56 bits per heavy atom. The number of allylic oxidation sites excluding steroid dienone is 2. The minimum absolute atomic E-state index is 0.0475. The third-order valence-corrected chi connectivity index (χ3v) is 7.32. The van der Waals surface area contributed by atoms with Crippen LogP contribution >= 0.6 is 0 Å². The number of likely N-dealkylation sites (tertiary alicyclic amines) is 1. The molecule has 3 N–H and O–H groups in total. The third-order valence-electron chi connectivity index (χ3n) is 7.32. The average Bonchev–Trinajstić information content (AvgIpc) is 2.83. The number of carbonyl (C=O) groups excluding carboxylic acids is 2. The molecule has 0 saturated carbocycles. The number of carbonyl (C=O) groups is 2. The molecule has 1 saturated heterocycles. The number of nitrogens with one attached hydrogen (secondary N) is 1. The van der Waals surface area contributed by atoms with E-state index in [1.807, 2.05) is 36.4 Å². The summed E-state index contributed by atoms with van der Waals surface area (Å²) in [5.41, 5.74) is 9.12. The zero-order valence-corrected chi connectivity index (χ0v) is 21.6. The molecule has 36 heavy (non-hydrogen) atoms. The summed E-state index contributed by atoms with van der Waals surface area (Å²) in [5.74, 6) is -1.54. The van der Waals surface area contributed by atoms with Crippen LogP contribution in [0.15, 0.2) is 66.4 Å². The van der Waals surface area contributed by atoms with Crippen molar-refractivity contribution in [2.45, 2.75) is 58.4 Å². The Kier molecular flexibility index (Phi) is 7.34. The van der Waals surface area contributed by atoms with Crippen LogP contribution in [0.25, 0.3) is 0 Å². The topological polar surface area (TPSA) is 75.4 Å². The maximum absolute atomic E-state index is 14.8. The Bertz CT molecular complexity index is 1190. The Morgan fingerprint density at radius 2 is 1.89 bits per heavy atom. The monoisotopic (exact) mass is 489 g/mol. The standard InChI is InChI=1S/C30H36FN3O2/c1-19-8-5-12-25(31)26(19)29(36)34-17-7-11-24(27(34)20-13-15-22(32)16-14-20)28(35)33-23-10-6-9-21(18-23)30(2,3)4/h5-6,8-10,12-13,15-16,18,20,24,27H,7,11,14,17,32H2,1-4H3,(H,33,35)/t20?,24?,27-/m0/s1. The highest BCUT2D eigenvalue weighted by Crippen LogP contribution is 2.36. The lowest BCUT2D eigenvalue weighted by Gasteiger charge is -2.44. The Labute approximate surface area is 213 Å². The summed E-state index contributed by atoms with van der Waals surface area (Å²) in [6, 6.07) is 12.2. The second kappa shape index (κ2) is 10.3. The van der Waals surface area contributed by atoms with Crippen molar-refractivity contribution in [2.24, 2.45) is 17.6 Å². The molecule has 0 bridgehead atoms. The summed E-state index contributed by atoms with van der Waals surface area (Å²) in [6.07, 6.45) is 7.69. The first-order valence-corrected chi connectivity index (χ1v) is 12.7. The molecule has 1 aliphatic heterocycles. The predicted molar refractivity (Wildman–Crippen MR) is 142 cm³/mol. The van der Waals surface area contributed by atoms with Gasteiger partial charge in [0.2, 0.25) is 5.91 Å². The van der Waals surface area contributed by atoms with Crippen molar-refractivity contribution in [2.75, 3.05) is 11.9 Å². The van der Waals surface area contributed by atoms with E-state index in [4.69, 9.17) is 5.73 Å². The van der Waals surface area contributed by atoms with E-state index in [1.54, 1.807) is 24.0 Å². The lowest BCUT2D eigenvalue weighted by Crippen LogP contribution is -2.55. The van der Waals surface area contributed by atoms with Crippen molar-refractivity contribution in [3.8, 4) is 0 Å². The summed E-state index contributed by atoms with van der Waals surface area (Å²) in [4.78, 5) is 29.1. The van der Waals surface area contributed by atoms with Crippen molar-refractivity contribution in [1.82, 2.24) is 4.90 Å². The molecule has 1 heterocycles. The molecule has 2 aromatic carbocycles. The first-order chi connectivity index (χ1) is 17.1. The molecule has 1 aliphatic carbocycles. The van der Waals surface area contributed by atoms with Gasteiger partial charge in [-0.05, 0) is 67.0 Å². The molecule has 0 spiro atoms. The fourth-order valence-electron chi connectivity index (χ4n) is 5.32. The number of hydrogen-bond acceptors (Lipinski definition) is 3. The Morgan fingerprint density at radius 1 is 1.14 bits per heavy atom. The number of nitrogens with two attached hydrogens (primary N) is 1. The molecule has 0 aromatic heterocycles. The van der Waals surface area contributed by atoms with Crippen LogP contribution in [0.1, 0.15) is 61.5 Å². The second-order valence-corrected chi connectivity index (χ2v) is 11.0. The Balaban J connectivity index is 1.66. The van der Waals surface area contributed by atoms with Crippen LogP contribution in [0, 0.1) is 24.6 Å². The maximum atomic E-state index is 14.8. The molecule has 3 atom stereocenters. The van der Waals surface area contributed by atoms with Crippen molar-refractivity contribution in [3.05, 3.63) is 88.9 Å². The van der Waals surface area contributed by atoms with E-state index in [9.17, 15) is 14.0 Å². The van der Waals surface area contributed by atoms with Gasteiger partial charge in [-0.15, -0.1) is 0 Å². The highest BCUT2D eigenvalue weighted by atomic mass is 19.1. The zero-order chi connectivity index (χ0) is 26.0. The fraction of sp³-hybridized carbons (Fsp3) is 0.400. The first-order valence-electron chi connectivity index (χ1n) is 12.7. The lowest BCUT2D eigenvalue weighted by molar-refractivity contribution is -0.123. The fourth-order valence-corrected chi connectivity index (χ4v) is 5.32. The molecule has 6 heteroatoms. The molecule has 2 aromatic rings. The van der Waals surface area contributed by atoms with Gasteiger partial charge < -0.3 is 16.0 Å². The summed E-state index contributed by atoms with van der Waals surface area (Å²) >= 11 is 0. The summed E-state index contributed by atoms with van der Waals surface area (Å²) in [5, 5.41) is 3.11. The van der Waals surface area contributed by atoms with Gasteiger partial charge >= 0.3 is 0 Å². The van der Waals surface area contributed by atoms with Crippen molar-refractivity contribution in [1.29, 1.82) is 0 Å². The molecule has 2 amide bonds. The van der Waals surface area contributed by atoms with Crippen LogP contribution in [0.4, 0.5) is 10.1 Å². The smallest absolute Gasteiger partial charge is 0.257 e. The normalized spacial score (nSPS) is 22.2. The van der Waals surface area contributed by atoms with Crippen molar-refractivity contribution in [3.63, 3.8) is 0 Å². The van der Waals surface area contributed by atoms with Gasteiger partial charge in [0.25, 0.3) is 5.91 Å². The van der Waals surface area contributed by atoms with Crippen LogP contribution < -0.4 is 11.1 Å². The number of benzene rings is 2. The zero-order valence-electron chi connectivity index (χ0n) is 21.6. The highest BCUT2D eigenvalue weighted by Gasteiger charge is 2.43. The third kappa shape index (κ3) is 5.38. The van der Waals surface area contributed by atoms with E-state index in [0.29, 0.717) is 37.1 Å². The molecule has 4 rings (SSSR count). The van der Waals surface area contributed by atoms with Gasteiger partial charge in [0, 0.05) is 23.8 Å². The van der Waals surface area contributed by atoms with E-state index < -0.39 is 17.8 Å². The van der Waals surface area contributed by atoms with E-state index in [2.05, 4.69) is 32.2 Å². The van der Waals surface area contributed by atoms with Gasteiger partial charge in [0.15, 0.2) is 0 Å². The van der Waals surface area contributed by atoms with Crippen molar-refractivity contribution < 1.29 is 14.0 Å². The number of nitrogens with zero attached hydrogens (tertiary/aromatic N) is 1. The summed E-state index contributed by atoms with van der Waals surface area (Å²) in [6.45, 7) is 8.62. The molecular weight excluding hydrogens is 453 g/mol. The maximum Gasteiger partial charge on any atom is 0.257 e. The molecular formula is C30H36FN3O2. The lowest BCUT2D eigenvalue weighted by atomic mass is 9.77. The van der Waals surface area contributed by atoms with Crippen LogP contribution in [0.2, 0.25) is 0 Å². The minimum Gasteiger partial charge on any atom is -0.399 e. The van der Waals surface area contributed by atoms with Gasteiger partial charge in [-0.1, -0.05) is 57.2 Å². The summed E-state index contributed by atoms with van der Waals surface area (Å²) in [7, 11) is 0. The van der Waals surface area contributed by atoms with Crippen LogP contribution in [0.3, 0.4) is 0 Å². The molecule has 2 unspecified atom stereocenters. The highest BCUT2D eigenvalue weighted by molar-refractivity contribution is 5.98. The number of hydrogen-bond donors (Lipinski definition) is 2. The SMILES string of the molecule is Cc1cccc(F)c1C(=O)N1CCCC(C(=O)Nc2cccc(C(C)(C)C)c2)[C@@H]1C1C=CC(N)=CC1. The van der Waals surface area contributed by atoms with E-state index >= 15 is 0 Å². The number of anilines is 1. The second-order valence-electron chi connectivity index (χ2n) is 11.0. The molecule has 190 valence electrons. The number of rotatable bonds is 4. The predicted octanol–water partition coefficient (Wildman–Crippen LogP) is 5.71. The van der Waals surface area contributed by atoms with E-state index in [1.165, 1.54) is 6.07 Å². The van der Waals surface area contributed by atoms with Gasteiger partial charge in [0.1, 0.15) is 5.82 Å². The molecule has 2 aliphatic rings. The quantitative estimate of drug-likeness (QED) is 0.578. The molecule has 1 fully saturated rings. The van der Waals surface area contributed by atoms with E-state index in [-0.39, 0.29) is 28.7 Å². The van der Waals surface area contributed by atoms with Crippen LogP contribution in [0.5, 0.6) is 0 Å². The number of amides is 2. The Hall–Kier alpha value is -3.41. The number of piperidine rings is 1. The molecule has 0 radical (unpaired) electrons. The van der Waals surface area contributed by atoms with E-state index in [0.717, 1.165) is 11.3 Å². The molecule has 5 nitrogen and oxygen atoms in total. The van der Waals surface area contributed by atoms with Gasteiger partial charge in [-0.3, -0.25) is 9.59 Å². The minimum atomic E-state index is -0.535. The number of aryl methyl sites for hydroxylation is 1. The summed E-state index contributed by atoms with van der Waals surface area (Å²) < 4.78 is 14.8. The van der Waals surface area contributed by atoms with Gasteiger partial charge in [0.05, 0.1) is 17.5 Å². The first kappa shape index (κ1) is 25.7. The van der Waals surface area contributed by atoms with Gasteiger partial charge in [-0.25, -0.2) is 4.39 Å². The van der Waals surface area contributed by atoms with Gasteiger partial charge in [-0.2, -0.15) is 0 Å². The average molecular weight is 490 g/mol. The number of halogens is 1. The van der Waals surface area contributed by atoms with Crippen LogP contribution in [-0.2, 0) is 10.2 Å². The largest absolute Gasteiger partial charge is 0.399 e. The van der Waals surface area contributed by atoms with Crippen LogP contribution in [-0.4, -0.2) is 29.3 Å². The van der Waals surface area contributed by atoms with Crippen molar-refractivity contribution >= 4 is 17.5 Å².